The number of benzene rings is 1. The van der Waals surface area contributed by atoms with E-state index in [-0.39, 0.29) is 5.25 Å². The van der Waals surface area contributed by atoms with Crippen molar-refractivity contribution in [3.8, 4) is 0 Å². The van der Waals surface area contributed by atoms with Gasteiger partial charge in [0.15, 0.2) is 0 Å². The molecule has 2 aliphatic rings. The van der Waals surface area contributed by atoms with Gasteiger partial charge in [-0.25, -0.2) is 8.42 Å². The fourth-order valence-electron chi connectivity index (χ4n) is 2.26. The molecule has 1 fully saturated rings. The molecule has 0 saturated heterocycles. The summed E-state index contributed by atoms with van der Waals surface area (Å²) in [6.45, 7) is 1.21. The van der Waals surface area contributed by atoms with E-state index < -0.39 is 10.0 Å². The van der Waals surface area contributed by atoms with Crippen molar-refractivity contribution in [1.82, 2.24) is 4.31 Å². The maximum absolute atomic E-state index is 12.1. The molecule has 0 unspecified atom stereocenters. The normalized spacial score (nSPS) is 21.8. The van der Waals surface area contributed by atoms with Gasteiger partial charge in [-0.1, -0.05) is 24.3 Å². The molecule has 3 nitrogen and oxygen atoms in total. The molecule has 1 aromatic carbocycles. The summed E-state index contributed by atoms with van der Waals surface area (Å²) in [6.07, 6.45) is 2.54. The van der Waals surface area contributed by atoms with E-state index in [2.05, 4.69) is 6.07 Å². The molecule has 1 saturated carbocycles. The first-order chi connectivity index (χ1) is 7.68. The SMILES string of the molecule is O=S(=O)(C1CC1)N1CCc2ccccc2C1. The van der Waals surface area contributed by atoms with Crippen LogP contribution >= 0.6 is 0 Å². The second-order valence-electron chi connectivity index (χ2n) is 4.60. The van der Waals surface area contributed by atoms with Crippen LogP contribution in [0.5, 0.6) is 0 Å². The van der Waals surface area contributed by atoms with E-state index in [9.17, 15) is 8.42 Å². The van der Waals surface area contributed by atoms with E-state index in [0.717, 1.165) is 24.8 Å². The van der Waals surface area contributed by atoms with Gasteiger partial charge >= 0.3 is 0 Å². The highest BCUT2D eigenvalue weighted by Gasteiger charge is 2.40. The summed E-state index contributed by atoms with van der Waals surface area (Å²) in [7, 11) is -3.00. The van der Waals surface area contributed by atoms with Crippen molar-refractivity contribution in [1.29, 1.82) is 0 Å². The minimum Gasteiger partial charge on any atom is -0.212 e. The van der Waals surface area contributed by atoms with E-state index in [0.29, 0.717) is 13.1 Å². The number of hydrogen-bond donors (Lipinski definition) is 0. The lowest BCUT2D eigenvalue weighted by atomic mass is 10.0. The van der Waals surface area contributed by atoms with E-state index in [1.807, 2.05) is 18.2 Å². The van der Waals surface area contributed by atoms with Crippen molar-refractivity contribution in [3.05, 3.63) is 35.4 Å². The van der Waals surface area contributed by atoms with Crippen LogP contribution in [-0.2, 0) is 23.0 Å². The zero-order valence-corrected chi connectivity index (χ0v) is 9.91. The molecule has 3 rings (SSSR count). The molecule has 1 aromatic rings. The zero-order valence-electron chi connectivity index (χ0n) is 9.09. The Kier molecular flexibility index (Phi) is 2.30. The Morgan fingerprint density at radius 3 is 2.50 bits per heavy atom. The predicted octanol–water partition coefficient (Wildman–Crippen LogP) is 1.54. The summed E-state index contributed by atoms with van der Waals surface area (Å²) < 4.78 is 25.8. The van der Waals surface area contributed by atoms with Crippen LogP contribution in [0.4, 0.5) is 0 Å². The largest absolute Gasteiger partial charge is 0.217 e. The maximum atomic E-state index is 12.1. The minimum absolute atomic E-state index is 0.0854. The Labute approximate surface area is 96.1 Å². The Morgan fingerprint density at radius 1 is 1.12 bits per heavy atom. The van der Waals surface area contributed by atoms with E-state index in [1.54, 1.807) is 4.31 Å². The predicted molar refractivity (Wildman–Crippen MR) is 62.5 cm³/mol. The van der Waals surface area contributed by atoms with E-state index in [1.165, 1.54) is 5.56 Å². The van der Waals surface area contributed by atoms with Crippen molar-refractivity contribution in [2.75, 3.05) is 6.54 Å². The Balaban J connectivity index is 1.88. The number of hydrogen-bond acceptors (Lipinski definition) is 2. The highest BCUT2D eigenvalue weighted by atomic mass is 32.2. The lowest BCUT2D eigenvalue weighted by Crippen LogP contribution is -2.37. The van der Waals surface area contributed by atoms with Gasteiger partial charge in [0.2, 0.25) is 10.0 Å². The van der Waals surface area contributed by atoms with Gasteiger partial charge in [-0.3, -0.25) is 0 Å². The summed E-state index contributed by atoms with van der Waals surface area (Å²) in [4.78, 5) is 0. The van der Waals surface area contributed by atoms with Gasteiger partial charge in [-0.2, -0.15) is 4.31 Å². The van der Waals surface area contributed by atoms with Gasteiger partial charge in [-0.15, -0.1) is 0 Å². The van der Waals surface area contributed by atoms with Crippen LogP contribution in [0.2, 0.25) is 0 Å². The van der Waals surface area contributed by atoms with Gasteiger partial charge in [0.1, 0.15) is 0 Å². The Bertz CT molecular complexity index is 506. The second-order valence-corrected chi connectivity index (χ2v) is 6.81. The lowest BCUT2D eigenvalue weighted by Gasteiger charge is -2.28. The second kappa shape index (κ2) is 3.57. The van der Waals surface area contributed by atoms with Crippen molar-refractivity contribution < 1.29 is 8.42 Å². The highest BCUT2D eigenvalue weighted by Crippen LogP contribution is 2.33. The lowest BCUT2D eigenvalue weighted by molar-refractivity contribution is 0.390. The molecule has 0 amide bonds. The monoisotopic (exact) mass is 237 g/mol. The quantitative estimate of drug-likeness (QED) is 0.782. The van der Waals surface area contributed by atoms with Crippen LogP contribution in [0.15, 0.2) is 24.3 Å². The van der Waals surface area contributed by atoms with Crippen LogP contribution in [-0.4, -0.2) is 24.5 Å². The molecule has 86 valence electrons. The van der Waals surface area contributed by atoms with E-state index >= 15 is 0 Å². The molecule has 0 bridgehead atoms. The van der Waals surface area contributed by atoms with Crippen molar-refractivity contribution in [3.63, 3.8) is 0 Å². The molecule has 0 radical (unpaired) electrons. The first-order valence-corrected chi connectivity index (χ1v) is 7.24. The van der Waals surface area contributed by atoms with E-state index in [4.69, 9.17) is 0 Å². The summed E-state index contributed by atoms with van der Waals surface area (Å²) in [5, 5.41) is -0.0854. The smallest absolute Gasteiger partial charge is 0.212 e. The fraction of sp³-hybridized carbons (Fsp3) is 0.500. The molecule has 4 heteroatoms. The highest BCUT2D eigenvalue weighted by molar-refractivity contribution is 7.90. The topological polar surface area (TPSA) is 37.4 Å². The first kappa shape index (κ1) is 10.3. The van der Waals surface area contributed by atoms with Gasteiger partial charge in [0.25, 0.3) is 0 Å². The summed E-state index contributed by atoms with van der Waals surface area (Å²) in [5.74, 6) is 0. The van der Waals surface area contributed by atoms with Gasteiger partial charge in [-0.05, 0) is 30.4 Å². The van der Waals surface area contributed by atoms with Crippen molar-refractivity contribution in [2.24, 2.45) is 0 Å². The zero-order chi connectivity index (χ0) is 11.2. The molecule has 0 aromatic heterocycles. The van der Waals surface area contributed by atoms with Gasteiger partial charge < -0.3 is 0 Å². The first-order valence-electron chi connectivity index (χ1n) is 5.74. The van der Waals surface area contributed by atoms with Crippen molar-refractivity contribution in [2.45, 2.75) is 31.1 Å². The number of fused-ring (bicyclic) bond motifs is 1. The van der Waals surface area contributed by atoms with Crippen LogP contribution in [0.1, 0.15) is 24.0 Å². The Morgan fingerprint density at radius 2 is 1.81 bits per heavy atom. The molecule has 16 heavy (non-hydrogen) atoms. The average molecular weight is 237 g/mol. The van der Waals surface area contributed by atoms with Crippen molar-refractivity contribution >= 4 is 10.0 Å². The standard InChI is InChI=1S/C12H15NO2S/c14-16(15,12-5-6-12)13-8-7-10-3-1-2-4-11(10)9-13/h1-4,12H,5-9H2. The molecule has 0 N–H and O–H groups in total. The van der Waals surface area contributed by atoms with Crippen LogP contribution in [0.3, 0.4) is 0 Å². The molecule has 0 atom stereocenters. The molecular formula is C12H15NO2S. The molecule has 1 aliphatic carbocycles. The van der Waals surface area contributed by atoms with Crippen LogP contribution in [0.25, 0.3) is 0 Å². The molecule has 0 spiro atoms. The summed E-state index contributed by atoms with van der Waals surface area (Å²) >= 11 is 0. The third-order valence-electron chi connectivity index (χ3n) is 3.40. The molecule has 1 aliphatic heterocycles. The summed E-state index contributed by atoms with van der Waals surface area (Å²) in [5.41, 5.74) is 2.46. The number of rotatable bonds is 2. The van der Waals surface area contributed by atoms with Crippen LogP contribution < -0.4 is 0 Å². The maximum Gasteiger partial charge on any atom is 0.217 e. The average Bonchev–Trinajstić information content (AvgIpc) is 3.12. The molecular weight excluding hydrogens is 222 g/mol. The fourth-order valence-corrected chi connectivity index (χ4v) is 4.08. The Hall–Kier alpha value is -0.870. The van der Waals surface area contributed by atoms with Crippen LogP contribution in [0, 0.1) is 0 Å². The summed E-state index contributed by atoms with van der Waals surface area (Å²) in [6, 6.07) is 8.12. The number of sulfonamides is 1. The minimum atomic E-state index is -3.00. The third-order valence-corrected chi connectivity index (χ3v) is 5.75. The van der Waals surface area contributed by atoms with Gasteiger partial charge in [0.05, 0.1) is 5.25 Å². The molecule has 1 heterocycles. The number of nitrogens with zero attached hydrogens (tertiary/aromatic N) is 1. The van der Waals surface area contributed by atoms with Gasteiger partial charge in [0, 0.05) is 13.1 Å². The third kappa shape index (κ3) is 1.66.